The van der Waals surface area contributed by atoms with E-state index in [4.69, 9.17) is 27.9 Å². The zero-order valence-electron chi connectivity index (χ0n) is 12.2. The third kappa shape index (κ3) is 2.10. The molecule has 1 amide bonds. The van der Waals surface area contributed by atoms with E-state index in [-0.39, 0.29) is 5.91 Å². The highest BCUT2D eigenvalue weighted by molar-refractivity contribution is 6.35. The maximum atomic E-state index is 12.9. The molecule has 0 aliphatic carbocycles. The molecule has 2 aromatic rings. The average Bonchev–Trinajstić information content (AvgIpc) is 3.23. The maximum Gasteiger partial charge on any atom is 0.288 e. The van der Waals surface area contributed by atoms with Gasteiger partial charge in [-0.05, 0) is 31.2 Å². The number of para-hydroxylation sites is 1. The number of ether oxygens (including phenoxy) is 1. The Bertz CT molecular complexity index is 838. The van der Waals surface area contributed by atoms with Crippen LogP contribution in [0.3, 0.4) is 0 Å². The van der Waals surface area contributed by atoms with Gasteiger partial charge in [0.05, 0.1) is 11.4 Å². The predicted octanol–water partition coefficient (Wildman–Crippen LogP) is 4.23. The van der Waals surface area contributed by atoms with Gasteiger partial charge in [0.2, 0.25) is 5.60 Å². The normalized spacial score (nSPS) is 25.9. The molecule has 116 valence electrons. The first-order valence-electron chi connectivity index (χ1n) is 7.12. The van der Waals surface area contributed by atoms with Crippen molar-refractivity contribution in [2.24, 2.45) is 5.10 Å². The highest BCUT2D eigenvalue weighted by atomic mass is 35.5. The van der Waals surface area contributed by atoms with Crippen molar-refractivity contribution in [3.63, 3.8) is 0 Å². The molecule has 2 aromatic carbocycles. The summed E-state index contributed by atoms with van der Waals surface area (Å²) < 4.78 is 5.80. The lowest BCUT2D eigenvalue weighted by molar-refractivity contribution is -0.120. The van der Waals surface area contributed by atoms with Crippen molar-refractivity contribution in [1.29, 1.82) is 0 Å². The summed E-state index contributed by atoms with van der Waals surface area (Å²) in [5.74, 6) is -0.197. The number of hydrogen-bond acceptors (Lipinski definition) is 3. The molecule has 0 bridgehead atoms. The Balaban J connectivity index is 1.69. The minimum Gasteiger partial charge on any atom is -0.344 e. The number of halogens is 2. The zero-order chi connectivity index (χ0) is 16.2. The van der Waals surface area contributed by atoms with Gasteiger partial charge in [0.25, 0.3) is 5.91 Å². The van der Waals surface area contributed by atoms with Gasteiger partial charge >= 0.3 is 0 Å². The average molecular weight is 347 g/mol. The number of amides is 1. The van der Waals surface area contributed by atoms with Gasteiger partial charge in [-0.15, -0.1) is 0 Å². The van der Waals surface area contributed by atoms with Crippen molar-refractivity contribution < 1.29 is 9.53 Å². The van der Waals surface area contributed by atoms with E-state index in [1.54, 1.807) is 25.1 Å². The maximum absolute atomic E-state index is 12.9. The Morgan fingerprint density at radius 3 is 2.61 bits per heavy atom. The van der Waals surface area contributed by atoms with Crippen molar-refractivity contribution in [3.8, 4) is 0 Å². The van der Waals surface area contributed by atoms with Gasteiger partial charge in [-0.1, -0.05) is 47.5 Å². The number of carbonyl (C=O) groups excluding carboxylic acids is 1. The van der Waals surface area contributed by atoms with Crippen LogP contribution in [-0.4, -0.2) is 17.2 Å². The molecule has 2 atom stereocenters. The van der Waals surface area contributed by atoms with Crippen molar-refractivity contribution in [2.75, 3.05) is 5.01 Å². The second-order valence-corrected chi connectivity index (χ2v) is 6.38. The lowest BCUT2D eigenvalue weighted by Gasteiger charge is -2.12. The van der Waals surface area contributed by atoms with Gasteiger partial charge in [-0.2, -0.15) is 10.1 Å². The molecule has 0 N–H and O–H groups in total. The van der Waals surface area contributed by atoms with Crippen molar-refractivity contribution in [1.82, 2.24) is 0 Å². The fraction of sp³-hybridized carbons (Fsp3) is 0.176. The van der Waals surface area contributed by atoms with Crippen molar-refractivity contribution in [3.05, 3.63) is 64.1 Å². The van der Waals surface area contributed by atoms with Crippen LogP contribution in [0.1, 0.15) is 18.6 Å². The van der Waals surface area contributed by atoms with Crippen molar-refractivity contribution in [2.45, 2.75) is 18.6 Å². The number of anilines is 1. The summed E-state index contributed by atoms with van der Waals surface area (Å²) in [6.07, 6.45) is -0.433. The lowest BCUT2D eigenvalue weighted by Crippen LogP contribution is -2.35. The van der Waals surface area contributed by atoms with Crippen LogP contribution < -0.4 is 5.01 Å². The molecule has 0 aromatic heterocycles. The lowest BCUT2D eigenvalue weighted by atomic mass is 9.95. The summed E-state index contributed by atoms with van der Waals surface area (Å²) in [7, 11) is 0. The highest BCUT2D eigenvalue weighted by Gasteiger charge is 2.70. The molecule has 4 rings (SSSR count). The third-order valence-corrected chi connectivity index (χ3v) is 4.72. The molecule has 23 heavy (non-hydrogen) atoms. The fourth-order valence-corrected chi connectivity index (χ4v) is 3.42. The minimum absolute atomic E-state index is 0.197. The van der Waals surface area contributed by atoms with Crippen LogP contribution in [0.4, 0.5) is 5.69 Å². The van der Waals surface area contributed by atoms with Gasteiger partial charge in [-0.25, -0.2) is 0 Å². The molecule has 1 spiro atoms. The van der Waals surface area contributed by atoms with Gasteiger partial charge in [-0.3, -0.25) is 4.79 Å². The summed E-state index contributed by atoms with van der Waals surface area (Å²) in [6, 6.07) is 14.4. The molecule has 2 unspecified atom stereocenters. The molecule has 2 aliphatic rings. The highest BCUT2D eigenvalue weighted by Crippen LogP contribution is 2.56. The van der Waals surface area contributed by atoms with E-state index in [9.17, 15) is 4.79 Å². The van der Waals surface area contributed by atoms with Gasteiger partial charge in [0.15, 0.2) is 0 Å². The van der Waals surface area contributed by atoms with Gasteiger partial charge in [0.1, 0.15) is 6.10 Å². The molecule has 6 heteroatoms. The molecule has 2 aliphatic heterocycles. The summed E-state index contributed by atoms with van der Waals surface area (Å²) in [6.45, 7) is 1.80. The van der Waals surface area contributed by atoms with Crippen LogP contribution >= 0.6 is 23.2 Å². The SMILES string of the molecule is CC1=NN(c2ccccc2)C(=O)C12OC2c1ccc(Cl)cc1Cl. The number of nitrogens with zero attached hydrogens (tertiary/aromatic N) is 2. The number of epoxide rings is 1. The number of hydrogen-bond donors (Lipinski definition) is 0. The Kier molecular flexibility index (Phi) is 3.23. The Morgan fingerprint density at radius 1 is 1.17 bits per heavy atom. The molecule has 4 nitrogen and oxygen atoms in total. The molecule has 0 saturated carbocycles. The summed E-state index contributed by atoms with van der Waals surface area (Å²) in [5.41, 5.74) is 1.04. The van der Waals surface area contributed by atoms with E-state index >= 15 is 0 Å². The molecule has 0 radical (unpaired) electrons. The Morgan fingerprint density at radius 2 is 1.91 bits per heavy atom. The number of benzene rings is 2. The molecule has 2 heterocycles. The number of rotatable bonds is 2. The van der Waals surface area contributed by atoms with E-state index < -0.39 is 11.7 Å². The third-order valence-electron chi connectivity index (χ3n) is 4.16. The quantitative estimate of drug-likeness (QED) is 0.764. The van der Waals surface area contributed by atoms with E-state index in [0.717, 1.165) is 5.56 Å². The monoisotopic (exact) mass is 346 g/mol. The van der Waals surface area contributed by atoms with Crippen LogP contribution in [0.5, 0.6) is 0 Å². The standard InChI is InChI=1S/C17H12Cl2N2O2/c1-10-17(15(23-17)13-8-7-11(18)9-14(13)19)16(22)21(20-10)12-5-3-2-4-6-12/h2-9,15H,1H3. The van der Waals surface area contributed by atoms with Gasteiger partial charge < -0.3 is 4.74 Å². The topological polar surface area (TPSA) is 45.2 Å². The Hall–Kier alpha value is -1.88. The molecular weight excluding hydrogens is 335 g/mol. The van der Waals surface area contributed by atoms with E-state index in [2.05, 4.69) is 5.10 Å². The van der Waals surface area contributed by atoms with Crippen LogP contribution in [0.15, 0.2) is 53.6 Å². The van der Waals surface area contributed by atoms with Crippen molar-refractivity contribution >= 4 is 40.5 Å². The molecule has 1 saturated heterocycles. The fourth-order valence-electron chi connectivity index (χ4n) is 2.91. The second-order valence-electron chi connectivity index (χ2n) is 5.54. The zero-order valence-corrected chi connectivity index (χ0v) is 13.7. The summed E-state index contributed by atoms with van der Waals surface area (Å²) >= 11 is 12.2. The Labute approximate surface area is 143 Å². The number of carbonyl (C=O) groups is 1. The largest absolute Gasteiger partial charge is 0.344 e. The van der Waals surface area contributed by atoms with Crippen LogP contribution in [-0.2, 0) is 9.53 Å². The first-order chi connectivity index (χ1) is 11.0. The molecular formula is C17H12Cl2N2O2. The van der Waals surface area contributed by atoms with E-state index in [0.29, 0.717) is 21.4 Å². The number of hydrazone groups is 1. The smallest absolute Gasteiger partial charge is 0.288 e. The van der Waals surface area contributed by atoms with Crippen LogP contribution in [0, 0.1) is 0 Å². The second kappa shape index (κ2) is 5.06. The first kappa shape index (κ1) is 14.7. The summed E-state index contributed by atoms with van der Waals surface area (Å²) in [4.78, 5) is 12.9. The van der Waals surface area contributed by atoms with Crippen LogP contribution in [0.25, 0.3) is 0 Å². The van der Waals surface area contributed by atoms with Gasteiger partial charge in [0, 0.05) is 15.6 Å². The molecule has 1 fully saturated rings. The van der Waals surface area contributed by atoms with Crippen LogP contribution in [0.2, 0.25) is 10.0 Å². The minimum atomic E-state index is -1.05. The summed E-state index contributed by atoms with van der Waals surface area (Å²) in [5, 5.41) is 6.80. The first-order valence-corrected chi connectivity index (χ1v) is 7.87. The van der Waals surface area contributed by atoms with E-state index in [1.165, 1.54) is 5.01 Å². The predicted molar refractivity (Wildman–Crippen MR) is 90.1 cm³/mol. The van der Waals surface area contributed by atoms with E-state index in [1.807, 2.05) is 30.3 Å².